The maximum atomic E-state index is 11.8. The van der Waals surface area contributed by atoms with E-state index in [2.05, 4.69) is 14.7 Å². The van der Waals surface area contributed by atoms with Gasteiger partial charge in [-0.3, -0.25) is 14.3 Å². The summed E-state index contributed by atoms with van der Waals surface area (Å²) in [7, 11) is 1.31. The van der Waals surface area contributed by atoms with Crippen molar-refractivity contribution in [3.8, 4) is 0 Å². The molecule has 2 aromatic rings. The quantitative estimate of drug-likeness (QED) is 0.596. The lowest BCUT2D eigenvalue weighted by atomic mass is 10.2. The summed E-state index contributed by atoms with van der Waals surface area (Å²) >= 11 is 1.93. The third-order valence-electron chi connectivity index (χ3n) is 2.44. The van der Waals surface area contributed by atoms with E-state index in [9.17, 15) is 9.59 Å². The number of aromatic nitrogens is 3. The fourth-order valence-electron chi connectivity index (χ4n) is 1.47. The first-order valence-corrected chi connectivity index (χ1v) is 6.43. The van der Waals surface area contributed by atoms with Crippen molar-refractivity contribution < 1.29 is 9.53 Å². The van der Waals surface area contributed by atoms with Crippen molar-refractivity contribution in [2.75, 3.05) is 7.11 Å². The summed E-state index contributed by atoms with van der Waals surface area (Å²) in [5, 5.41) is 0. The Kier molecular flexibility index (Phi) is 4.25. The van der Waals surface area contributed by atoms with Crippen LogP contribution in [-0.2, 0) is 11.3 Å². The summed E-state index contributed by atoms with van der Waals surface area (Å²) < 4.78 is 6.59. The highest BCUT2D eigenvalue weighted by Gasteiger charge is 2.07. The molecule has 0 radical (unpaired) electrons. The fraction of sp³-hybridized carbons (Fsp3) is 0.167. The van der Waals surface area contributed by atoms with Crippen molar-refractivity contribution in [2.24, 2.45) is 0 Å². The van der Waals surface area contributed by atoms with Crippen LogP contribution in [0.5, 0.6) is 0 Å². The van der Waals surface area contributed by atoms with E-state index < -0.39 is 5.97 Å². The van der Waals surface area contributed by atoms with Crippen molar-refractivity contribution in [3.63, 3.8) is 0 Å². The SMILES string of the molecule is COC(=O)c1ccc(Cn2cncc(I)c2=O)nc1. The first-order chi connectivity index (χ1) is 9.11. The molecule has 0 aliphatic heterocycles. The van der Waals surface area contributed by atoms with Gasteiger partial charge in [-0.15, -0.1) is 0 Å². The zero-order valence-electron chi connectivity index (χ0n) is 10.0. The number of halogens is 1. The number of esters is 1. The average Bonchev–Trinajstić information content (AvgIpc) is 2.44. The van der Waals surface area contributed by atoms with Crippen LogP contribution < -0.4 is 5.56 Å². The van der Waals surface area contributed by atoms with Gasteiger partial charge in [0.05, 0.1) is 34.8 Å². The number of methoxy groups -OCH3 is 1. The first kappa shape index (κ1) is 13.7. The van der Waals surface area contributed by atoms with E-state index in [-0.39, 0.29) is 5.56 Å². The predicted octanol–water partition coefficient (Wildman–Crippen LogP) is 1.08. The summed E-state index contributed by atoms with van der Waals surface area (Å²) in [6.45, 7) is 0.310. The number of hydrogen-bond donors (Lipinski definition) is 0. The average molecular weight is 371 g/mol. The van der Waals surface area contributed by atoms with Crippen molar-refractivity contribution in [1.29, 1.82) is 0 Å². The maximum Gasteiger partial charge on any atom is 0.339 e. The molecule has 0 amide bonds. The predicted molar refractivity (Wildman–Crippen MR) is 75.9 cm³/mol. The largest absolute Gasteiger partial charge is 0.465 e. The highest BCUT2D eigenvalue weighted by Crippen LogP contribution is 2.03. The van der Waals surface area contributed by atoms with E-state index in [1.54, 1.807) is 12.1 Å². The molecule has 0 N–H and O–H groups in total. The zero-order valence-corrected chi connectivity index (χ0v) is 12.2. The van der Waals surface area contributed by atoms with E-state index in [1.807, 2.05) is 22.6 Å². The molecule has 2 heterocycles. The Morgan fingerprint density at radius 3 is 2.84 bits per heavy atom. The Labute approximate surface area is 122 Å². The third kappa shape index (κ3) is 3.16. The molecule has 98 valence electrons. The molecule has 2 aromatic heterocycles. The Bertz CT molecular complexity index is 652. The van der Waals surface area contributed by atoms with Crippen LogP contribution in [-0.4, -0.2) is 27.6 Å². The van der Waals surface area contributed by atoms with E-state index in [0.717, 1.165) is 0 Å². The number of ether oxygens (including phenoxy) is 1. The molecule has 0 spiro atoms. The van der Waals surface area contributed by atoms with Crippen molar-refractivity contribution in [2.45, 2.75) is 6.54 Å². The highest BCUT2D eigenvalue weighted by atomic mass is 127. The first-order valence-electron chi connectivity index (χ1n) is 5.35. The molecule has 0 fully saturated rings. The maximum absolute atomic E-state index is 11.8. The number of hydrogen-bond acceptors (Lipinski definition) is 5. The molecule has 0 saturated carbocycles. The zero-order chi connectivity index (χ0) is 13.8. The van der Waals surface area contributed by atoms with Crippen molar-refractivity contribution in [1.82, 2.24) is 14.5 Å². The summed E-state index contributed by atoms with van der Waals surface area (Å²) in [6.07, 6.45) is 4.39. The molecule has 0 aliphatic rings. The molecule has 2 rings (SSSR count). The smallest absolute Gasteiger partial charge is 0.339 e. The third-order valence-corrected chi connectivity index (χ3v) is 3.18. The van der Waals surface area contributed by atoms with Crippen LogP contribution >= 0.6 is 22.6 Å². The van der Waals surface area contributed by atoms with E-state index in [0.29, 0.717) is 21.4 Å². The monoisotopic (exact) mass is 371 g/mol. The minimum atomic E-state index is -0.438. The van der Waals surface area contributed by atoms with Gasteiger partial charge < -0.3 is 4.74 Å². The number of nitrogens with zero attached hydrogens (tertiary/aromatic N) is 3. The van der Waals surface area contributed by atoms with Gasteiger partial charge in [0, 0.05) is 12.4 Å². The summed E-state index contributed by atoms with van der Waals surface area (Å²) in [6, 6.07) is 3.29. The fourth-order valence-corrected chi connectivity index (χ4v) is 1.94. The Morgan fingerprint density at radius 1 is 1.42 bits per heavy atom. The summed E-state index contributed by atoms with van der Waals surface area (Å²) in [5.74, 6) is -0.438. The van der Waals surface area contributed by atoms with Gasteiger partial charge in [0.25, 0.3) is 5.56 Å². The molecule has 6 nitrogen and oxygen atoms in total. The molecule has 0 atom stereocenters. The highest BCUT2D eigenvalue weighted by molar-refractivity contribution is 14.1. The lowest BCUT2D eigenvalue weighted by Gasteiger charge is -2.05. The second-order valence-electron chi connectivity index (χ2n) is 3.70. The normalized spacial score (nSPS) is 10.2. The van der Waals surface area contributed by atoms with Crippen LogP contribution in [0.4, 0.5) is 0 Å². The van der Waals surface area contributed by atoms with Gasteiger partial charge >= 0.3 is 5.97 Å². The standard InChI is InChI=1S/C12H10IN3O3/c1-19-12(18)8-2-3-9(15-4-8)6-16-7-14-5-10(13)11(16)17/h2-5,7H,6H2,1H3. The Balaban J connectivity index is 2.22. The molecule has 19 heavy (non-hydrogen) atoms. The minimum absolute atomic E-state index is 0.116. The van der Waals surface area contributed by atoms with Crippen LogP contribution in [0, 0.1) is 3.57 Å². The van der Waals surface area contributed by atoms with Gasteiger partial charge in [0.15, 0.2) is 0 Å². The molecule has 0 aromatic carbocycles. The lowest BCUT2D eigenvalue weighted by molar-refractivity contribution is 0.0600. The molecule has 0 aliphatic carbocycles. The van der Waals surface area contributed by atoms with Gasteiger partial charge in [0.2, 0.25) is 0 Å². The Morgan fingerprint density at radius 2 is 2.21 bits per heavy atom. The summed E-state index contributed by atoms with van der Waals surface area (Å²) in [4.78, 5) is 31.1. The van der Waals surface area contributed by atoms with Gasteiger partial charge in [-0.1, -0.05) is 0 Å². The molecule has 7 heteroatoms. The second kappa shape index (κ2) is 5.91. The number of rotatable bonds is 3. The number of pyridine rings is 1. The lowest BCUT2D eigenvalue weighted by Crippen LogP contribution is -2.23. The van der Waals surface area contributed by atoms with E-state index >= 15 is 0 Å². The molecule has 0 bridgehead atoms. The summed E-state index contributed by atoms with van der Waals surface area (Å²) in [5.41, 5.74) is 0.923. The van der Waals surface area contributed by atoms with E-state index in [1.165, 1.54) is 30.4 Å². The van der Waals surface area contributed by atoms with Gasteiger partial charge in [-0.2, -0.15) is 0 Å². The molecule has 0 saturated heterocycles. The topological polar surface area (TPSA) is 74.1 Å². The Hall–Kier alpha value is -1.77. The van der Waals surface area contributed by atoms with E-state index in [4.69, 9.17) is 0 Å². The van der Waals surface area contributed by atoms with Crippen LogP contribution in [0.1, 0.15) is 16.1 Å². The minimum Gasteiger partial charge on any atom is -0.465 e. The van der Waals surface area contributed by atoms with Gasteiger partial charge in [-0.25, -0.2) is 9.78 Å². The second-order valence-corrected chi connectivity index (χ2v) is 4.87. The molecular weight excluding hydrogens is 361 g/mol. The van der Waals surface area contributed by atoms with Crippen molar-refractivity contribution >= 4 is 28.6 Å². The van der Waals surface area contributed by atoms with Crippen LogP contribution in [0.25, 0.3) is 0 Å². The number of carbonyl (C=O) groups is 1. The molecular formula is C12H10IN3O3. The van der Waals surface area contributed by atoms with Gasteiger partial charge in [-0.05, 0) is 34.7 Å². The van der Waals surface area contributed by atoms with Crippen LogP contribution in [0.15, 0.2) is 35.6 Å². The molecule has 0 unspecified atom stereocenters. The van der Waals surface area contributed by atoms with Crippen molar-refractivity contribution in [3.05, 3.63) is 56.0 Å². The van der Waals surface area contributed by atoms with Crippen LogP contribution in [0.3, 0.4) is 0 Å². The number of carbonyl (C=O) groups excluding carboxylic acids is 1. The van der Waals surface area contributed by atoms with Gasteiger partial charge in [0.1, 0.15) is 0 Å². The van der Waals surface area contributed by atoms with Crippen LogP contribution in [0.2, 0.25) is 0 Å².